The van der Waals surface area contributed by atoms with Gasteiger partial charge in [-0.3, -0.25) is 4.84 Å². The van der Waals surface area contributed by atoms with E-state index in [2.05, 4.69) is 73.1 Å². The first-order chi connectivity index (χ1) is 10.6. The maximum absolute atomic E-state index is 5.82. The SMILES string of the molecule is CN(C)CCON1CCN(c2ccc3c(c2)CN(I)C3)CC1. The second-order valence-electron chi connectivity index (χ2n) is 6.28. The fourth-order valence-electron chi connectivity index (χ4n) is 2.96. The Morgan fingerprint density at radius 3 is 2.55 bits per heavy atom. The second kappa shape index (κ2) is 7.44. The summed E-state index contributed by atoms with van der Waals surface area (Å²) in [7, 11) is 4.15. The molecule has 0 unspecified atom stereocenters. The molecule has 1 fully saturated rings. The van der Waals surface area contributed by atoms with E-state index in [1.165, 1.54) is 16.8 Å². The highest BCUT2D eigenvalue weighted by atomic mass is 127. The van der Waals surface area contributed by atoms with Gasteiger partial charge in [-0.2, -0.15) is 5.06 Å². The van der Waals surface area contributed by atoms with Crippen molar-refractivity contribution in [1.29, 1.82) is 0 Å². The smallest absolute Gasteiger partial charge is 0.0811 e. The number of rotatable bonds is 5. The molecule has 2 aliphatic rings. The van der Waals surface area contributed by atoms with Gasteiger partial charge in [-0.15, -0.1) is 0 Å². The fraction of sp³-hybridized carbons (Fsp3) is 0.625. The number of benzene rings is 1. The molecule has 0 spiro atoms. The number of hydroxylamine groups is 2. The van der Waals surface area contributed by atoms with Crippen LogP contribution >= 0.6 is 22.9 Å². The summed E-state index contributed by atoms with van der Waals surface area (Å²) >= 11 is 2.41. The van der Waals surface area contributed by atoms with E-state index in [9.17, 15) is 0 Å². The molecule has 2 heterocycles. The zero-order chi connectivity index (χ0) is 15.5. The molecule has 1 aromatic carbocycles. The van der Waals surface area contributed by atoms with Gasteiger partial charge in [0.25, 0.3) is 0 Å². The molecule has 1 aromatic rings. The highest BCUT2D eigenvalue weighted by molar-refractivity contribution is 14.1. The molecular weight excluding hydrogens is 391 g/mol. The Hall–Kier alpha value is -0.410. The predicted octanol–water partition coefficient (Wildman–Crippen LogP) is 1.97. The van der Waals surface area contributed by atoms with Crippen molar-refractivity contribution in [2.24, 2.45) is 0 Å². The molecule has 0 radical (unpaired) electrons. The molecule has 6 heteroatoms. The summed E-state index contributed by atoms with van der Waals surface area (Å²) in [5.74, 6) is 0. The van der Waals surface area contributed by atoms with Crippen molar-refractivity contribution in [2.75, 3.05) is 58.3 Å². The highest BCUT2D eigenvalue weighted by Gasteiger charge is 2.21. The van der Waals surface area contributed by atoms with Gasteiger partial charge in [-0.1, -0.05) is 6.07 Å². The van der Waals surface area contributed by atoms with Gasteiger partial charge in [0.05, 0.1) is 6.61 Å². The van der Waals surface area contributed by atoms with E-state index >= 15 is 0 Å². The van der Waals surface area contributed by atoms with Crippen molar-refractivity contribution in [3.63, 3.8) is 0 Å². The number of likely N-dealkylation sites (N-methyl/N-ethyl adjacent to an activating group) is 1. The first kappa shape index (κ1) is 16.4. The molecule has 0 atom stereocenters. The Morgan fingerprint density at radius 1 is 1.09 bits per heavy atom. The molecule has 122 valence electrons. The molecule has 0 bridgehead atoms. The number of piperazine rings is 1. The third-order valence-electron chi connectivity index (χ3n) is 4.29. The zero-order valence-electron chi connectivity index (χ0n) is 13.5. The van der Waals surface area contributed by atoms with Crippen molar-refractivity contribution in [3.05, 3.63) is 29.3 Å². The van der Waals surface area contributed by atoms with Crippen LogP contribution in [0.4, 0.5) is 5.69 Å². The Kier molecular flexibility index (Phi) is 5.56. The average molecular weight is 416 g/mol. The van der Waals surface area contributed by atoms with Crippen molar-refractivity contribution < 1.29 is 4.84 Å². The minimum absolute atomic E-state index is 0.775. The summed E-state index contributed by atoms with van der Waals surface area (Å²) in [6.45, 7) is 7.91. The average Bonchev–Trinajstić information content (AvgIpc) is 2.86. The molecule has 0 aliphatic carbocycles. The van der Waals surface area contributed by atoms with Crippen LogP contribution < -0.4 is 4.90 Å². The third-order valence-corrected chi connectivity index (χ3v) is 4.97. The van der Waals surface area contributed by atoms with Crippen LogP contribution in [-0.4, -0.2) is 66.5 Å². The Bertz CT molecular complexity index is 503. The molecule has 2 aliphatic heterocycles. The summed E-state index contributed by atoms with van der Waals surface area (Å²) in [5.41, 5.74) is 4.32. The maximum Gasteiger partial charge on any atom is 0.0811 e. The van der Waals surface area contributed by atoms with Gasteiger partial charge in [0, 0.05) is 74.4 Å². The molecule has 5 nitrogen and oxygen atoms in total. The summed E-state index contributed by atoms with van der Waals surface area (Å²) in [6, 6.07) is 6.94. The minimum atomic E-state index is 0.775. The number of halogens is 1. The van der Waals surface area contributed by atoms with Crippen LogP contribution in [-0.2, 0) is 17.9 Å². The van der Waals surface area contributed by atoms with E-state index in [0.717, 1.165) is 52.4 Å². The molecule has 3 rings (SSSR count). The zero-order valence-corrected chi connectivity index (χ0v) is 15.6. The van der Waals surface area contributed by atoms with Crippen LogP contribution in [0.2, 0.25) is 0 Å². The maximum atomic E-state index is 5.82. The van der Waals surface area contributed by atoms with Crippen molar-refractivity contribution in [3.8, 4) is 0 Å². The number of fused-ring (bicyclic) bond motifs is 1. The quantitative estimate of drug-likeness (QED) is 0.540. The van der Waals surface area contributed by atoms with E-state index in [0.29, 0.717) is 0 Å². The summed E-state index contributed by atoms with van der Waals surface area (Å²) in [4.78, 5) is 10.4. The first-order valence-electron chi connectivity index (χ1n) is 7.92. The van der Waals surface area contributed by atoms with Crippen LogP contribution in [0.25, 0.3) is 0 Å². The Morgan fingerprint density at radius 2 is 1.82 bits per heavy atom. The highest BCUT2D eigenvalue weighted by Crippen LogP contribution is 2.29. The molecule has 22 heavy (non-hydrogen) atoms. The van der Waals surface area contributed by atoms with Crippen LogP contribution in [0.3, 0.4) is 0 Å². The van der Waals surface area contributed by atoms with Crippen LogP contribution in [0.1, 0.15) is 11.1 Å². The van der Waals surface area contributed by atoms with Gasteiger partial charge in [0.2, 0.25) is 0 Å². The van der Waals surface area contributed by atoms with Gasteiger partial charge in [0.1, 0.15) is 0 Å². The summed E-state index contributed by atoms with van der Waals surface area (Å²) < 4.78 is 2.34. The number of hydrogen-bond donors (Lipinski definition) is 0. The molecule has 0 saturated carbocycles. The van der Waals surface area contributed by atoms with Crippen LogP contribution in [0.15, 0.2) is 18.2 Å². The minimum Gasteiger partial charge on any atom is -0.369 e. The van der Waals surface area contributed by atoms with Crippen molar-refractivity contribution >= 4 is 28.6 Å². The third kappa shape index (κ3) is 4.11. The second-order valence-corrected chi connectivity index (χ2v) is 7.65. The lowest BCUT2D eigenvalue weighted by molar-refractivity contribution is -0.163. The molecule has 0 amide bonds. The molecule has 0 N–H and O–H groups in total. The number of nitrogens with zero attached hydrogens (tertiary/aromatic N) is 4. The van der Waals surface area contributed by atoms with Crippen LogP contribution in [0, 0.1) is 0 Å². The standard InChI is InChI=1S/C16H25IN4O/c1-18(2)9-10-22-21-7-5-19(6-8-21)16-4-3-14-12-20(17)13-15(14)11-16/h3-4,11H,5-10,12-13H2,1-2H3. The molecular formula is C16H25IN4O. The number of anilines is 1. The normalized spacial score (nSPS) is 19.9. The predicted molar refractivity (Wildman–Crippen MR) is 98.0 cm³/mol. The summed E-state index contributed by atoms with van der Waals surface area (Å²) in [5, 5.41) is 2.11. The van der Waals surface area contributed by atoms with Crippen molar-refractivity contribution in [1.82, 2.24) is 13.1 Å². The van der Waals surface area contributed by atoms with Crippen LogP contribution in [0.5, 0.6) is 0 Å². The lowest BCUT2D eigenvalue weighted by Gasteiger charge is -2.35. The Labute approximate surface area is 147 Å². The lowest BCUT2D eigenvalue weighted by Crippen LogP contribution is -2.46. The van der Waals surface area contributed by atoms with Gasteiger partial charge in [0.15, 0.2) is 0 Å². The Balaban J connectivity index is 1.50. The van der Waals surface area contributed by atoms with E-state index in [1.54, 1.807) is 0 Å². The van der Waals surface area contributed by atoms with E-state index in [4.69, 9.17) is 4.84 Å². The van der Waals surface area contributed by atoms with Gasteiger partial charge in [-0.25, -0.2) is 3.11 Å². The van der Waals surface area contributed by atoms with E-state index < -0.39 is 0 Å². The van der Waals surface area contributed by atoms with E-state index in [1.807, 2.05) is 0 Å². The lowest BCUT2D eigenvalue weighted by atomic mass is 10.1. The first-order valence-corrected chi connectivity index (χ1v) is 8.88. The molecule has 1 saturated heterocycles. The van der Waals surface area contributed by atoms with Crippen molar-refractivity contribution in [2.45, 2.75) is 13.1 Å². The molecule has 0 aromatic heterocycles. The van der Waals surface area contributed by atoms with Gasteiger partial charge in [-0.05, 0) is 37.4 Å². The largest absolute Gasteiger partial charge is 0.369 e. The fourth-order valence-corrected chi connectivity index (χ4v) is 3.70. The summed E-state index contributed by atoms with van der Waals surface area (Å²) in [6.07, 6.45) is 0. The van der Waals surface area contributed by atoms with E-state index in [-0.39, 0.29) is 0 Å². The monoisotopic (exact) mass is 416 g/mol. The topological polar surface area (TPSA) is 22.2 Å². The van der Waals surface area contributed by atoms with Gasteiger partial charge < -0.3 is 9.80 Å². The van der Waals surface area contributed by atoms with Gasteiger partial charge >= 0.3 is 0 Å². The number of hydrogen-bond acceptors (Lipinski definition) is 5.